The zero-order chi connectivity index (χ0) is 104. The molecule has 0 radical (unpaired) electrons. The molecule has 140 heavy (non-hydrogen) atoms. The maximum Gasteiger partial charge on any atom is 0.338 e. The van der Waals surface area contributed by atoms with Crippen LogP contribution in [0, 0.1) is 5.92 Å². The number of carboxylic acid groups (broad SMARTS) is 1. The molecule has 780 valence electrons. The van der Waals surface area contributed by atoms with E-state index in [4.69, 9.17) is 50.3 Å². The highest BCUT2D eigenvalue weighted by atomic mass is 32.2. The van der Waals surface area contributed by atoms with Crippen LogP contribution in [0.15, 0.2) is 42.9 Å². The predicted octanol–water partition coefficient (Wildman–Crippen LogP) is -19.4. The van der Waals surface area contributed by atoms with E-state index < -0.39 is 217 Å². The van der Waals surface area contributed by atoms with Crippen LogP contribution in [0.1, 0.15) is 179 Å². The molecule has 1 aromatic carbocycles. The largest absolute Gasteiger partial charge is 0.548 e. The molecule has 3 aliphatic heterocycles. The maximum atomic E-state index is 15.3. The second kappa shape index (κ2) is 62.6. The first kappa shape index (κ1) is 117. The molecule has 3 aliphatic rings. The summed E-state index contributed by atoms with van der Waals surface area (Å²) in [7, 11) is 0. The van der Waals surface area contributed by atoms with Crippen molar-refractivity contribution < 1.29 is 131 Å². The van der Waals surface area contributed by atoms with Crippen molar-refractivity contribution >= 4 is 136 Å². The topological polar surface area (TPSA) is 880 Å². The van der Waals surface area contributed by atoms with E-state index in [1.54, 1.807) is 50.4 Å². The number of amides is 16. The average Bonchev–Trinajstić information content (AvgIpc) is 1.66. The number of rotatable bonds is 65. The molecular formula is C87H153N33O19S+6. The van der Waals surface area contributed by atoms with Gasteiger partial charge in [0.1, 0.15) is 78.5 Å². The molecule has 0 bridgehead atoms. The predicted molar refractivity (Wildman–Crippen MR) is 507 cm³/mol. The van der Waals surface area contributed by atoms with E-state index in [0.29, 0.717) is 62.9 Å². The number of aliphatic hydroxyl groups is 1. The van der Waals surface area contributed by atoms with Crippen LogP contribution < -0.4 is 158 Å². The van der Waals surface area contributed by atoms with Gasteiger partial charge in [0.25, 0.3) is 5.91 Å². The number of primary amides is 1. The molecule has 52 nitrogen and oxygen atoms in total. The summed E-state index contributed by atoms with van der Waals surface area (Å²) in [5.74, 6) is -15.6. The van der Waals surface area contributed by atoms with E-state index in [-0.39, 0.29) is 190 Å². The number of aliphatic hydroxyl groups excluding tert-OH is 1. The summed E-state index contributed by atoms with van der Waals surface area (Å²) in [6, 6.07) is -11.8. The highest BCUT2D eigenvalue weighted by molar-refractivity contribution is 7.98. The number of H-pyrrole nitrogens is 1. The number of thioether (sulfide) groups is 1. The van der Waals surface area contributed by atoms with Crippen molar-refractivity contribution in [2.24, 2.45) is 34.6 Å². The molecule has 15 atom stereocenters. The lowest BCUT2D eigenvalue weighted by atomic mass is 10.0. The van der Waals surface area contributed by atoms with Gasteiger partial charge in [0.05, 0.1) is 76.5 Å². The van der Waals surface area contributed by atoms with Crippen molar-refractivity contribution in [1.29, 1.82) is 0 Å². The van der Waals surface area contributed by atoms with E-state index >= 15 is 9.59 Å². The summed E-state index contributed by atoms with van der Waals surface area (Å²) in [5, 5.41) is 88.6. The molecule has 4 heterocycles. The average molecular weight is 2000 g/mol. The number of guanidine groups is 4. The fourth-order valence-electron chi connectivity index (χ4n) is 16.2. The summed E-state index contributed by atoms with van der Waals surface area (Å²) in [5.41, 5.74) is 41.1. The number of aromatic amines is 1. The minimum Gasteiger partial charge on any atom is -0.548 e. The number of unbranched alkanes of at least 4 members (excludes halogenated alkanes) is 2. The summed E-state index contributed by atoms with van der Waals surface area (Å²) >= 11 is 1.41. The van der Waals surface area contributed by atoms with Gasteiger partial charge < -0.3 is 121 Å². The Labute approximate surface area is 816 Å². The van der Waals surface area contributed by atoms with E-state index in [1.807, 2.05) is 0 Å². The third kappa shape index (κ3) is 41.8. The summed E-state index contributed by atoms with van der Waals surface area (Å²) in [4.78, 5) is 253. The third-order valence-electron chi connectivity index (χ3n) is 23.7. The Morgan fingerprint density at radius 2 is 0.836 bits per heavy atom. The molecule has 0 aliphatic carbocycles. The van der Waals surface area contributed by atoms with Gasteiger partial charge in [-0.15, -0.1) is 0 Å². The van der Waals surface area contributed by atoms with E-state index in [0.717, 1.165) is 6.42 Å². The van der Waals surface area contributed by atoms with Crippen LogP contribution in [0.5, 0.6) is 0 Å². The van der Waals surface area contributed by atoms with Crippen LogP contribution in [0.2, 0.25) is 0 Å². The number of nitrogens with two attached hydrogens (primary N) is 9. The molecule has 3 fully saturated rings. The quantitative estimate of drug-likeness (QED) is 0.0166. The first-order chi connectivity index (χ1) is 66.7. The SMILES string of the molecule is CSCC[C@H](NC(=O)[C@@H]1CCCN1C(=O)CNC(=O)[C@H](CCCC[NH3+])NC(=O)[C@H](Cc1c[nH]cn1)NC(=O)[C@H](CO)NC(=O)[C@H](CC(C)C)NC(=O)[C@H](CCCNC(N)=[NH2+])NC(=O)[C@@H]1CCCN1C(=O)[C@H](CCCNC(N)=[NH2+])NC(=O)[C@H](CCC(N)=O)NC(=O)[C@H](CCCNC(N)=[NH2+])NC(=O)[C@H](CCCNC(N)=[NH2+])NC(=O)[C@H](Cc1ccccc1)NC(=O)[C@@H]([NH3+])CCCC[NH3+])C(=O)N1CCC[C@H]1C(=O)[O-]. The van der Waals surface area contributed by atoms with Gasteiger partial charge in [-0.25, -0.2) is 4.98 Å². The van der Waals surface area contributed by atoms with Gasteiger partial charge in [-0.05, 0) is 165 Å². The molecule has 53 heteroatoms. The number of imidazole rings is 1. The van der Waals surface area contributed by atoms with E-state index in [9.17, 15) is 82.1 Å². The zero-order valence-electron chi connectivity index (χ0n) is 80.5. The Kier molecular flexibility index (Phi) is 52.4. The molecule has 0 spiro atoms. The van der Waals surface area contributed by atoms with Crippen molar-refractivity contribution in [1.82, 2.24) is 110 Å². The Morgan fingerprint density at radius 1 is 0.457 bits per heavy atom. The summed E-state index contributed by atoms with van der Waals surface area (Å²) < 4.78 is 0. The molecule has 1 aromatic heterocycles. The van der Waals surface area contributed by atoms with Crippen molar-refractivity contribution in [2.45, 2.75) is 271 Å². The number of aliphatic carboxylic acids is 1. The van der Waals surface area contributed by atoms with Crippen LogP contribution in [0.4, 0.5) is 0 Å². The number of nitrogens with zero attached hydrogens (tertiary/aromatic N) is 4. The van der Waals surface area contributed by atoms with E-state index in [2.05, 4.69) is 112 Å². The number of nitrogens with one attached hydrogen (secondary N) is 17. The lowest BCUT2D eigenvalue weighted by Gasteiger charge is -2.31. The van der Waals surface area contributed by atoms with Crippen LogP contribution in [-0.2, 0) is 94.3 Å². The third-order valence-corrected chi connectivity index (χ3v) is 24.3. The molecular weight excluding hydrogens is 1840 g/mol. The Bertz CT molecular complexity index is 4470. The second-order valence-corrected chi connectivity index (χ2v) is 36.4. The van der Waals surface area contributed by atoms with Gasteiger partial charge in [-0.2, -0.15) is 11.8 Å². The van der Waals surface area contributed by atoms with Gasteiger partial charge in [-0.1, -0.05) is 44.2 Å². The first-order valence-electron chi connectivity index (χ1n) is 47.7. The lowest BCUT2D eigenvalue weighted by Crippen LogP contribution is -2.69. The highest BCUT2D eigenvalue weighted by Crippen LogP contribution is 2.25. The van der Waals surface area contributed by atoms with Crippen LogP contribution in [-0.4, -0.2) is 329 Å². The van der Waals surface area contributed by atoms with Gasteiger partial charge >= 0.3 is 23.8 Å². The normalized spacial score (nSPS) is 16.9. The summed E-state index contributed by atoms with van der Waals surface area (Å²) in [6.07, 6.45) is 7.07. The molecule has 3 saturated heterocycles. The van der Waals surface area contributed by atoms with Gasteiger partial charge in [0, 0.05) is 51.5 Å². The number of carboxylic acids is 1. The first-order valence-corrected chi connectivity index (χ1v) is 49.1. The molecule has 0 saturated carbocycles. The number of carbonyl (C=O) groups is 17. The Morgan fingerprint density at radius 3 is 1.30 bits per heavy atom. The Balaban J connectivity index is 1.37. The van der Waals surface area contributed by atoms with Crippen molar-refractivity contribution in [2.75, 3.05) is 84.1 Å². The van der Waals surface area contributed by atoms with Crippen molar-refractivity contribution in [3.63, 3.8) is 0 Å². The number of benzene rings is 1. The van der Waals surface area contributed by atoms with Crippen LogP contribution >= 0.6 is 11.8 Å². The van der Waals surface area contributed by atoms with E-state index in [1.165, 1.54) is 39.0 Å². The number of hydrogen-bond acceptors (Lipinski definition) is 21. The minimum atomic E-state index is -1.83. The molecule has 16 amide bonds. The number of carbonyl (C=O) groups excluding carboxylic acids is 17. The molecule has 45 N–H and O–H groups in total. The van der Waals surface area contributed by atoms with Crippen molar-refractivity contribution in [3.8, 4) is 0 Å². The van der Waals surface area contributed by atoms with Gasteiger partial charge in [0.2, 0.25) is 88.6 Å². The smallest absolute Gasteiger partial charge is 0.338 e. The maximum absolute atomic E-state index is 15.3. The number of aromatic nitrogens is 2. The fourth-order valence-corrected chi connectivity index (χ4v) is 16.7. The highest BCUT2D eigenvalue weighted by Gasteiger charge is 2.44. The lowest BCUT2D eigenvalue weighted by molar-refractivity contribution is -0.406. The van der Waals surface area contributed by atoms with Gasteiger partial charge in [0.15, 0.2) is 6.04 Å². The summed E-state index contributed by atoms with van der Waals surface area (Å²) in [6.45, 7) is 3.25. The zero-order valence-corrected chi connectivity index (χ0v) is 81.3. The monoisotopic (exact) mass is 2000 g/mol. The Hall–Kier alpha value is -13.3. The molecule has 2 aromatic rings. The molecule has 0 unspecified atom stereocenters. The van der Waals surface area contributed by atoms with Crippen LogP contribution in [0.3, 0.4) is 0 Å². The van der Waals surface area contributed by atoms with Gasteiger partial charge in [-0.3, -0.25) is 143 Å². The number of hydrogen-bond donors (Lipinski definition) is 30. The van der Waals surface area contributed by atoms with Crippen LogP contribution in [0.25, 0.3) is 0 Å². The second-order valence-electron chi connectivity index (χ2n) is 35.4. The number of quaternary nitrogens is 3. The standard InChI is InChI=1S/C87H147N33O19S/c1-49(2)42-60(75(130)117-63(47-121)78(133)116-62(44-51-45-100-48-106-51)77(132)107-53(21-8-10-33-89)70(125)105-46-68(123)118-38-15-26-64(118)79(134)113-59(31-41-140-3)82(137)120-40-17-28-66(120)83(138)139)115-73(128)56(24-13-36-103-86(96)97)111-80(135)65-27-16-39-119(65)81(136)58(25-14-37-104-87(98)99)112-74(129)57(29-30-67(91)122)110-72(127)54(22-11-34-101-84(92)93)108-71(126)55(23-12-35-102-85(94)95)109-76(131)61(43-50-18-5-4-6-19-50)114-69(124)52(90)20-7-9-32-88/h4-6,18-19,45,48-49,52-66,121H,7-17,20-44,46-47,88-90H2,1-3H3,(H2,91,122)(H,100,106)(H,105,125)(H,107,132)(H,108,126)(H,109,131)(H,110,127)(H,111,135)(H,112,129)(H,113,134)(H,114,124)(H,115,128)(H,116,133)(H,117,130)(H,138,139)(H4,92,93,101)(H4,94,95,102)(H4,96,97,103)(H4,98,99,104)/p+6/t52-,53-,54-,55-,56-,57-,58-,59-,60-,61-,62-,63-,64-,65-,66-/m0/s1. The van der Waals surface area contributed by atoms with Crippen molar-refractivity contribution in [3.05, 3.63) is 54.1 Å². The molecule has 5 rings (SSSR count). The minimum absolute atomic E-state index is 0.00308. The fraction of sp³-hybridized carbons (Fsp3) is 0.655. The number of likely N-dealkylation sites (tertiary alicyclic amines) is 3.